The minimum atomic E-state index is -5.79. The van der Waals surface area contributed by atoms with E-state index in [2.05, 4.69) is 5.32 Å². The number of carbonyl (C=O) groups excluding carboxylic acids is 4. The molecule has 0 bridgehead atoms. The average molecular weight is 833 g/mol. The van der Waals surface area contributed by atoms with Crippen molar-refractivity contribution in [2.45, 2.75) is 116 Å². The first-order chi connectivity index (χ1) is 25.9. The van der Waals surface area contributed by atoms with Crippen LogP contribution in [-0.4, -0.2) is 103 Å². The molecule has 0 spiro atoms. The molecule has 2 heterocycles. The maximum atomic E-state index is 14.4. The predicted octanol–water partition coefficient (Wildman–Crippen LogP) is 4.25. The zero-order valence-corrected chi connectivity index (χ0v) is 35.4. The molecular weight excluding hydrogens is 769 g/mol. The van der Waals surface area contributed by atoms with Crippen molar-refractivity contribution in [2.75, 3.05) is 32.8 Å². The molecule has 0 radical (unpaired) electrons. The highest BCUT2D eigenvalue weighted by Gasteiger charge is 2.63. The molecule has 1 aromatic rings. The van der Waals surface area contributed by atoms with Crippen LogP contribution in [-0.2, 0) is 49.0 Å². The highest BCUT2D eigenvalue weighted by molar-refractivity contribution is 7.72. The van der Waals surface area contributed by atoms with Crippen LogP contribution in [0.15, 0.2) is 30.3 Å². The average Bonchev–Trinajstić information content (AvgIpc) is 3.61. The van der Waals surface area contributed by atoms with Crippen molar-refractivity contribution in [1.29, 1.82) is 0 Å². The van der Waals surface area contributed by atoms with Crippen molar-refractivity contribution in [2.24, 2.45) is 23.7 Å². The number of nitrogens with zero attached hydrogens (tertiary/aromatic N) is 1. The number of nitrogens with one attached hydrogen (secondary N) is 1. The van der Waals surface area contributed by atoms with Gasteiger partial charge >= 0.3 is 27.8 Å². The van der Waals surface area contributed by atoms with Gasteiger partial charge in [-0.05, 0) is 54.8 Å². The van der Waals surface area contributed by atoms with Gasteiger partial charge in [0.1, 0.15) is 12.4 Å². The fourth-order valence-electron chi connectivity index (χ4n) is 8.38. The lowest BCUT2D eigenvalue weighted by atomic mass is 9.51. The fourth-order valence-corrected chi connectivity index (χ4v) is 10.5. The third-order valence-electron chi connectivity index (χ3n) is 11.0. The van der Waals surface area contributed by atoms with Gasteiger partial charge in [-0.15, -0.1) is 0 Å². The fraction of sp³-hybridized carbons (Fsp3) is 0.730. The summed E-state index contributed by atoms with van der Waals surface area (Å²) in [5, 5.41) is 9.42. The van der Waals surface area contributed by atoms with E-state index in [4.69, 9.17) is 14.0 Å². The van der Waals surface area contributed by atoms with Crippen molar-refractivity contribution in [1.82, 2.24) is 5.32 Å². The Labute approximate surface area is 330 Å². The predicted molar refractivity (Wildman–Crippen MR) is 208 cm³/mol. The van der Waals surface area contributed by atoms with Crippen molar-refractivity contribution >= 4 is 45.3 Å². The Hall–Kier alpha value is -2.30. The summed E-state index contributed by atoms with van der Waals surface area (Å²) in [5.74, 6) is -2.90. The molecule has 0 saturated carbocycles. The van der Waals surface area contributed by atoms with Crippen molar-refractivity contribution in [3.05, 3.63) is 35.9 Å². The number of Topliss-reactive ketones (excluding diaryl/α,β-unsaturated/α-hetero) is 2. The van der Waals surface area contributed by atoms with Crippen LogP contribution in [0.2, 0.25) is 5.82 Å². The van der Waals surface area contributed by atoms with Gasteiger partial charge in [0.25, 0.3) is 5.08 Å². The number of hydrogen-bond donors (Lipinski definition) is 6. The van der Waals surface area contributed by atoms with Gasteiger partial charge < -0.3 is 48.4 Å². The molecule has 0 aromatic heterocycles. The minimum Gasteiger partial charge on any atom is -0.509 e. The topological polar surface area (TPSA) is 243 Å². The summed E-state index contributed by atoms with van der Waals surface area (Å²) in [7, 11) is -11.6. The van der Waals surface area contributed by atoms with Crippen LogP contribution >= 0.6 is 15.2 Å². The first-order valence-electron chi connectivity index (χ1n) is 19.6. The van der Waals surface area contributed by atoms with Gasteiger partial charge in [0.2, 0.25) is 5.91 Å². The normalized spacial score (nSPS) is 21.9. The Bertz CT molecular complexity index is 1570. The van der Waals surface area contributed by atoms with Crippen molar-refractivity contribution < 1.29 is 71.4 Å². The molecule has 16 nitrogen and oxygen atoms in total. The summed E-state index contributed by atoms with van der Waals surface area (Å²) in [5.41, 5.74) is 0.827. The molecule has 318 valence electrons. The number of quaternary nitrogens is 1. The number of ketones is 2. The molecule has 2 saturated heterocycles. The smallest absolute Gasteiger partial charge is 0.476 e. The molecule has 3 atom stereocenters. The lowest BCUT2D eigenvalue weighted by Gasteiger charge is -2.51. The van der Waals surface area contributed by atoms with Crippen LogP contribution in [0.5, 0.6) is 0 Å². The number of carbonyl (C=O) groups is 4. The summed E-state index contributed by atoms with van der Waals surface area (Å²) in [6, 6.07) is 8.40. The molecule has 1 amide bonds. The van der Waals surface area contributed by atoms with E-state index in [0.717, 1.165) is 5.56 Å². The lowest BCUT2D eigenvalue weighted by Crippen LogP contribution is -2.66. The summed E-state index contributed by atoms with van der Waals surface area (Å²) < 4.78 is 42.3. The molecule has 2 aliphatic heterocycles. The number of hydrogen-bond acceptors (Lipinski definition) is 10. The number of ether oxygens (including phenoxy) is 1. The highest BCUT2D eigenvalue weighted by Crippen LogP contribution is 2.69. The molecule has 0 aliphatic carbocycles. The molecule has 6 N–H and O–H groups in total. The second kappa shape index (κ2) is 20.1. The van der Waals surface area contributed by atoms with Crippen molar-refractivity contribution in [3.8, 4) is 0 Å². The molecule has 56 heavy (non-hydrogen) atoms. The summed E-state index contributed by atoms with van der Waals surface area (Å²) in [4.78, 5) is 91.9. The Morgan fingerprint density at radius 1 is 0.857 bits per heavy atom. The molecule has 0 unspecified atom stereocenters. The lowest BCUT2D eigenvalue weighted by molar-refractivity contribution is -0.823. The third kappa shape index (κ3) is 12.4. The largest absolute Gasteiger partial charge is 0.509 e. The van der Waals surface area contributed by atoms with Gasteiger partial charge in [-0.2, -0.15) is 0 Å². The van der Waals surface area contributed by atoms with E-state index in [-0.39, 0.29) is 55.8 Å². The van der Waals surface area contributed by atoms with Gasteiger partial charge in [-0.25, -0.2) is 0 Å². The highest BCUT2D eigenvalue weighted by atomic mass is 31.2. The van der Waals surface area contributed by atoms with Gasteiger partial charge in [0, 0.05) is 18.9 Å². The second-order valence-corrected chi connectivity index (χ2v) is 21.0. The third-order valence-corrected chi connectivity index (χ3v) is 14.7. The first kappa shape index (κ1) is 48.1. The Balaban J connectivity index is 1.78. The number of amides is 1. The molecule has 3 rings (SSSR count). The Morgan fingerprint density at radius 2 is 1.41 bits per heavy atom. The van der Waals surface area contributed by atoms with Crippen LogP contribution in [0.4, 0.5) is 0 Å². The van der Waals surface area contributed by atoms with Crippen LogP contribution < -0.4 is 5.32 Å². The molecule has 2 fully saturated rings. The van der Waals surface area contributed by atoms with Crippen LogP contribution in [0.25, 0.3) is 0 Å². The molecule has 1 aromatic carbocycles. The zero-order chi connectivity index (χ0) is 42.1. The number of aliphatic hydroxyl groups is 1. The SMILES string of the molecule is CC(C)C[C@H](CC(=O)OCc1ccccc1)C(=O)N[C@@H](CC(C)C)C(=O)C[C@@H](CC(C)C)[B-]12OCC[N+]1(CCCC(=O)CC(O)(P(=O)(O)O)P(=O)(O)O)CCO2. The minimum absolute atomic E-state index is 0.0281. The van der Waals surface area contributed by atoms with E-state index in [0.29, 0.717) is 56.5 Å². The van der Waals surface area contributed by atoms with Crippen LogP contribution in [0.1, 0.15) is 98.5 Å². The molecule has 2 aliphatic rings. The monoisotopic (exact) mass is 832 g/mol. The van der Waals surface area contributed by atoms with Crippen LogP contribution in [0, 0.1) is 23.7 Å². The first-order valence-corrected chi connectivity index (χ1v) is 22.8. The van der Waals surface area contributed by atoms with Gasteiger partial charge in [0.15, 0.2) is 5.78 Å². The second-order valence-electron chi connectivity index (χ2n) is 17.0. The maximum Gasteiger partial charge on any atom is 0.476 e. The van der Waals surface area contributed by atoms with E-state index in [1.54, 1.807) is 0 Å². The Kier molecular flexibility index (Phi) is 17.3. The van der Waals surface area contributed by atoms with E-state index in [1.807, 2.05) is 71.9 Å². The van der Waals surface area contributed by atoms with Gasteiger partial charge in [0.05, 0.1) is 45.2 Å². The molecular formula is C37H63BN2O14P2. The maximum absolute atomic E-state index is 14.4. The Morgan fingerprint density at radius 3 is 1.93 bits per heavy atom. The van der Waals surface area contributed by atoms with Gasteiger partial charge in [-0.1, -0.05) is 78.3 Å². The molecule has 19 heteroatoms. The van der Waals surface area contributed by atoms with E-state index < -0.39 is 68.8 Å². The standard InChI is InChI=1S/C37H63BN2O14P2/c1-26(2)19-30(22-35(43)52-25-29-11-8-7-9-12-29)36(44)39-33(21-28(5)6)34(42)23-31(20-27(3)4)38-40(15-17-53-38,16-18-54-38)14-10-13-32(41)24-37(45,55(46,47)48)56(49,50)51/h7-9,11-12,26-28,30-31,33,45H,10,13-25H2,1-6H3,(H,39,44)(H2,46,47,48)(H2,49,50,51)/t30-,31-,33+,38?,40?/m1/s1. The van der Waals surface area contributed by atoms with E-state index in [9.17, 15) is 53.0 Å². The van der Waals surface area contributed by atoms with Gasteiger partial charge in [-0.3, -0.25) is 28.3 Å². The van der Waals surface area contributed by atoms with Crippen LogP contribution in [0.3, 0.4) is 0 Å². The van der Waals surface area contributed by atoms with E-state index >= 15 is 0 Å². The number of fused-ring (bicyclic) bond motifs is 1. The summed E-state index contributed by atoms with van der Waals surface area (Å²) in [6.07, 6.45) is -0.400. The summed E-state index contributed by atoms with van der Waals surface area (Å²) >= 11 is 0. The number of benzene rings is 1. The number of esters is 1. The summed E-state index contributed by atoms with van der Waals surface area (Å²) in [6.45, 7) is 11.7. The zero-order valence-electron chi connectivity index (χ0n) is 33.6. The number of rotatable bonds is 24. The van der Waals surface area contributed by atoms with E-state index in [1.165, 1.54) is 0 Å². The quantitative estimate of drug-likeness (QED) is 0.0485. The van der Waals surface area contributed by atoms with Crippen molar-refractivity contribution in [3.63, 3.8) is 0 Å².